The Hall–Kier alpha value is -3.79. The highest BCUT2D eigenvalue weighted by Crippen LogP contribution is 2.22. The molecule has 2 aromatic carbocycles. The van der Waals surface area contributed by atoms with Crippen LogP contribution in [0.5, 0.6) is 0 Å². The van der Waals surface area contributed by atoms with Crippen LogP contribution in [0.1, 0.15) is 32.2 Å². The normalized spacial score (nSPS) is 12.1. The molecular formula is C27H36FN7O2. The maximum atomic E-state index is 13.4. The van der Waals surface area contributed by atoms with E-state index in [-0.39, 0.29) is 24.3 Å². The van der Waals surface area contributed by atoms with Gasteiger partial charge in [-0.25, -0.2) is 19.2 Å². The summed E-state index contributed by atoms with van der Waals surface area (Å²) in [5, 5.41) is 6.87. The van der Waals surface area contributed by atoms with Gasteiger partial charge in [0.25, 0.3) is 0 Å². The molecular weight excluding hydrogens is 473 g/mol. The molecule has 0 fully saturated rings. The fourth-order valence-electron chi connectivity index (χ4n) is 3.97. The third-order valence-electron chi connectivity index (χ3n) is 6.08. The number of fused-ring (bicyclic) bond motifs is 1. The Morgan fingerprint density at radius 1 is 1.08 bits per heavy atom. The maximum absolute atomic E-state index is 13.4. The summed E-state index contributed by atoms with van der Waals surface area (Å²) in [6.07, 6.45) is 0. The van der Waals surface area contributed by atoms with Gasteiger partial charge in [0.05, 0.1) is 12.1 Å². The van der Waals surface area contributed by atoms with Crippen molar-refractivity contribution < 1.29 is 14.0 Å². The number of urea groups is 1. The lowest BCUT2D eigenvalue weighted by atomic mass is 10.0. The number of primary amides is 1. The average Bonchev–Trinajstić information content (AvgIpc) is 2.85. The van der Waals surface area contributed by atoms with Crippen LogP contribution < -0.4 is 16.4 Å². The van der Waals surface area contributed by atoms with Crippen LogP contribution in [0.2, 0.25) is 0 Å². The largest absolute Gasteiger partial charge is 0.368 e. The highest BCUT2D eigenvalue weighted by atomic mass is 19.1. The Labute approximate surface area is 217 Å². The number of para-hydroxylation sites is 1. The zero-order valence-corrected chi connectivity index (χ0v) is 21.9. The summed E-state index contributed by atoms with van der Waals surface area (Å²) in [5.74, 6) is 0.383. The van der Waals surface area contributed by atoms with Crippen molar-refractivity contribution in [3.63, 3.8) is 0 Å². The van der Waals surface area contributed by atoms with Crippen LogP contribution in [0.3, 0.4) is 0 Å². The van der Waals surface area contributed by atoms with Gasteiger partial charge in [-0.15, -0.1) is 0 Å². The minimum Gasteiger partial charge on any atom is -0.368 e. The molecule has 3 aromatic rings. The SMILES string of the molecule is CCN(CCN(C)Cc1nc(N[C@H](C(N)=O)C(C)C)c2ccccc2n1)C(=O)NCc1cccc(F)c1. The van der Waals surface area contributed by atoms with Crippen LogP contribution in [0.4, 0.5) is 15.0 Å². The molecule has 1 heterocycles. The van der Waals surface area contributed by atoms with Crippen molar-refractivity contribution in [3.8, 4) is 0 Å². The monoisotopic (exact) mass is 509 g/mol. The maximum Gasteiger partial charge on any atom is 0.317 e. The summed E-state index contributed by atoms with van der Waals surface area (Å²) in [4.78, 5) is 37.7. The van der Waals surface area contributed by atoms with E-state index in [1.807, 2.05) is 57.0 Å². The highest BCUT2D eigenvalue weighted by Gasteiger charge is 2.21. The first kappa shape index (κ1) is 27.8. The van der Waals surface area contributed by atoms with E-state index in [1.54, 1.807) is 17.0 Å². The van der Waals surface area contributed by atoms with E-state index in [4.69, 9.17) is 15.7 Å². The lowest BCUT2D eigenvalue weighted by molar-refractivity contribution is -0.119. The number of hydrogen-bond acceptors (Lipinski definition) is 6. The lowest BCUT2D eigenvalue weighted by Crippen LogP contribution is -2.43. The van der Waals surface area contributed by atoms with Crippen molar-refractivity contribution in [2.45, 2.75) is 39.9 Å². The van der Waals surface area contributed by atoms with E-state index in [9.17, 15) is 14.0 Å². The third kappa shape index (κ3) is 7.85. The van der Waals surface area contributed by atoms with Crippen molar-refractivity contribution in [3.05, 3.63) is 65.7 Å². The van der Waals surface area contributed by atoms with Gasteiger partial charge in [0.2, 0.25) is 5.91 Å². The molecule has 0 saturated carbocycles. The van der Waals surface area contributed by atoms with Crippen LogP contribution in [-0.2, 0) is 17.9 Å². The van der Waals surface area contributed by atoms with Crippen molar-refractivity contribution in [1.29, 1.82) is 0 Å². The predicted molar refractivity (Wildman–Crippen MR) is 143 cm³/mol. The number of carbonyl (C=O) groups is 2. The molecule has 0 radical (unpaired) electrons. The summed E-state index contributed by atoms with van der Waals surface area (Å²) >= 11 is 0. The standard InChI is InChI=1S/C27H36FN7O2/c1-5-35(27(37)30-16-19-9-8-10-20(28)15-19)14-13-34(4)17-23-31-22-12-7-6-11-21(22)26(32-23)33-24(18(2)3)25(29)36/h6-12,15,18,24H,5,13-14,16-17H2,1-4H3,(H2,29,36)(H,30,37)(H,31,32,33)/t24-/m0/s1. The molecule has 9 nitrogen and oxygen atoms in total. The van der Waals surface area contributed by atoms with Gasteiger partial charge in [0.1, 0.15) is 23.5 Å². The summed E-state index contributed by atoms with van der Waals surface area (Å²) in [6, 6.07) is 13.0. The number of nitrogens with one attached hydrogen (secondary N) is 2. The topological polar surface area (TPSA) is 116 Å². The van der Waals surface area contributed by atoms with Crippen molar-refractivity contribution >= 4 is 28.7 Å². The molecule has 3 rings (SSSR count). The molecule has 37 heavy (non-hydrogen) atoms. The Kier molecular flexibility index (Phi) is 9.73. The Balaban J connectivity index is 1.64. The summed E-state index contributed by atoms with van der Waals surface area (Å²) < 4.78 is 13.4. The number of aromatic nitrogens is 2. The number of carbonyl (C=O) groups excluding carboxylic acids is 2. The molecule has 1 atom stereocenters. The van der Waals surface area contributed by atoms with Gasteiger partial charge in [0.15, 0.2) is 0 Å². The van der Waals surface area contributed by atoms with E-state index in [2.05, 4.69) is 10.6 Å². The second-order valence-corrected chi connectivity index (χ2v) is 9.38. The smallest absolute Gasteiger partial charge is 0.317 e. The van der Waals surface area contributed by atoms with Gasteiger partial charge in [0, 0.05) is 31.6 Å². The Morgan fingerprint density at radius 2 is 1.84 bits per heavy atom. The fraction of sp³-hybridized carbons (Fsp3) is 0.407. The van der Waals surface area contributed by atoms with E-state index < -0.39 is 11.9 Å². The van der Waals surface area contributed by atoms with Gasteiger partial charge in [-0.2, -0.15) is 0 Å². The van der Waals surface area contributed by atoms with Crippen molar-refractivity contribution in [2.24, 2.45) is 11.7 Å². The molecule has 0 aliphatic carbocycles. The van der Waals surface area contributed by atoms with Crippen LogP contribution >= 0.6 is 0 Å². The number of halogens is 1. The summed E-state index contributed by atoms with van der Waals surface area (Å²) in [7, 11) is 1.93. The lowest BCUT2D eigenvalue weighted by Gasteiger charge is -2.25. The number of likely N-dealkylation sites (N-methyl/N-ethyl adjacent to an activating group) is 2. The number of nitrogens with zero attached hydrogens (tertiary/aromatic N) is 4. The number of rotatable bonds is 12. The Morgan fingerprint density at radius 3 is 2.51 bits per heavy atom. The summed E-state index contributed by atoms with van der Waals surface area (Å²) in [5.41, 5.74) is 7.08. The van der Waals surface area contributed by atoms with Gasteiger partial charge in [-0.3, -0.25) is 9.69 Å². The Bertz CT molecular complexity index is 1220. The molecule has 0 spiro atoms. The zero-order valence-electron chi connectivity index (χ0n) is 21.9. The minimum absolute atomic E-state index is 0.00978. The van der Waals surface area contributed by atoms with E-state index >= 15 is 0 Å². The molecule has 0 unspecified atom stereocenters. The quantitative estimate of drug-likeness (QED) is 0.345. The van der Waals surface area contributed by atoms with Crippen LogP contribution in [-0.4, -0.2) is 64.4 Å². The molecule has 1 aromatic heterocycles. The first-order valence-corrected chi connectivity index (χ1v) is 12.4. The van der Waals surface area contributed by atoms with Crippen LogP contribution in [0, 0.1) is 11.7 Å². The predicted octanol–water partition coefficient (Wildman–Crippen LogP) is 3.35. The second-order valence-electron chi connectivity index (χ2n) is 9.38. The first-order chi connectivity index (χ1) is 17.7. The molecule has 4 N–H and O–H groups in total. The number of benzene rings is 2. The minimum atomic E-state index is -0.562. The van der Waals surface area contributed by atoms with Crippen LogP contribution in [0.25, 0.3) is 10.9 Å². The first-order valence-electron chi connectivity index (χ1n) is 12.4. The second kappa shape index (κ2) is 13.0. The molecule has 0 saturated heterocycles. The van der Waals surface area contributed by atoms with Crippen molar-refractivity contribution in [1.82, 2.24) is 25.1 Å². The number of nitrogens with two attached hydrogens (primary N) is 1. The number of anilines is 1. The van der Waals surface area contributed by atoms with Gasteiger partial charge >= 0.3 is 6.03 Å². The molecule has 0 aliphatic heterocycles. The molecule has 10 heteroatoms. The van der Waals surface area contributed by atoms with E-state index in [0.29, 0.717) is 43.4 Å². The molecule has 3 amide bonds. The molecule has 0 bridgehead atoms. The zero-order chi connectivity index (χ0) is 26.9. The van der Waals surface area contributed by atoms with Gasteiger partial charge < -0.3 is 21.3 Å². The average molecular weight is 510 g/mol. The molecule has 0 aliphatic rings. The van der Waals surface area contributed by atoms with E-state index in [1.165, 1.54) is 12.1 Å². The highest BCUT2D eigenvalue weighted by molar-refractivity contribution is 5.91. The third-order valence-corrected chi connectivity index (χ3v) is 6.08. The van der Waals surface area contributed by atoms with Crippen molar-refractivity contribution in [2.75, 3.05) is 32.0 Å². The van der Waals surface area contributed by atoms with Gasteiger partial charge in [-0.1, -0.05) is 38.1 Å². The number of amides is 3. The fourth-order valence-corrected chi connectivity index (χ4v) is 3.97. The number of hydrogen-bond donors (Lipinski definition) is 3. The van der Waals surface area contributed by atoms with E-state index in [0.717, 1.165) is 10.9 Å². The van der Waals surface area contributed by atoms with Crippen LogP contribution in [0.15, 0.2) is 48.5 Å². The summed E-state index contributed by atoms with van der Waals surface area (Å²) in [6.45, 7) is 8.09. The molecule has 198 valence electrons. The van der Waals surface area contributed by atoms with Gasteiger partial charge in [-0.05, 0) is 49.7 Å².